The third kappa shape index (κ3) is 4.82. The van der Waals surface area contributed by atoms with E-state index in [1.165, 1.54) is 28.6 Å². The predicted molar refractivity (Wildman–Crippen MR) is 114 cm³/mol. The Kier molecular flexibility index (Phi) is 6.54. The van der Waals surface area contributed by atoms with Gasteiger partial charge in [-0.25, -0.2) is 13.2 Å². The number of esters is 1. The number of ether oxygens (including phenoxy) is 3. The van der Waals surface area contributed by atoms with E-state index in [1.54, 1.807) is 13.2 Å². The first kappa shape index (κ1) is 22.0. The molecule has 2 aromatic carbocycles. The minimum atomic E-state index is -3.62. The molecule has 0 aliphatic carbocycles. The lowest BCUT2D eigenvalue weighted by atomic mass is 10.1. The summed E-state index contributed by atoms with van der Waals surface area (Å²) in [7, 11) is -2.04. The lowest BCUT2D eigenvalue weighted by Gasteiger charge is -2.26. The van der Waals surface area contributed by atoms with Gasteiger partial charge in [-0.2, -0.15) is 4.31 Å². The van der Waals surface area contributed by atoms with E-state index in [4.69, 9.17) is 18.7 Å². The highest BCUT2D eigenvalue weighted by Gasteiger charge is 2.26. The lowest BCUT2D eigenvalue weighted by Crippen LogP contribution is -2.40. The Morgan fingerprint density at radius 2 is 1.84 bits per heavy atom. The normalized spacial score (nSPS) is 14.8. The molecule has 1 aromatic heterocycles. The Balaban J connectivity index is 1.38. The van der Waals surface area contributed by atoms with E-state index in [1.807, 2.05) is 24.3 Å². The van der Waals surface area contributed by atoms with Gasteiger partial charge in [-0.1, -0.05) is 17.3 Å². The molecule has 2 heterocycles. The van der Waals surface area contributed by atoms with Gasteiger partial charge in [0, 0.05) is 24.7 Å². The summed E-state index contributed by atoms with van der Waals surface area (Å²) in [5.74, 6) is 0.616. The quantitative estimate of drug-likeness (QED) is 0.498. The Hall–Kier alpha value is -3.21. The molecule has 0 saturated carbocycles. The molecule has 0 amide bonds. The largest absolute Gasteiger partial charge is 0.497 e. The van der Waals surface area contributed by atoms with Crippen molar-refractivity contribution < 1.29 is 31.9 Å². The average Bonchev–Trinajstić information content (AvgIpc) is 3.32. The molecule has 0 spiro atoms. The van der Waals surface area contributed by atoms with Gasteiger partial charge in [-0.05, 0) is 36.4 Å². The van der Waals surface area contributed by atoms with Crippen LogP contribution in [0.15, 0.2) is 64.0 Å². The molecule has 0 unspecified atom stereocenters. The molecule has 4 rings (SSSR count). The maximum Gasteiger partial charge on any atom is 0.338 e. The number of aromatic nitrogens is 1. The second-order valence-corrected chi connectivity index (χ2v) is 8.97. The average molecular weight is 458 g/mol. The van der Waals surface area contributed by atoms with E-state index in [0.29, 0.717) is 43.5 Å². The fourth-order valence-corrected chi connectivity index (χ4v) is 4.62. The van der Waals surface area contributed by atoms with Gasteiger partial charge in [-0.15, -0.1) is 0 Å². The standard InChI is InChI=1S/C22H22N2O7S/c1-28-19-4-2-3-17(13-19)21-14-18(23-31-21)15-30-22(25)16-5-7-20(8-6-16)32(26,27)24-9-11-29-12-10-24/h2-8,13-14H,9-12,15H2,1H3. The number of hydrogen-bond donors (Lipinski definition) is 0. The first-order chi connectivity index (χ1) is 15.5. The zero-order valence-electron chi connectivity index (χ0n) is 17.4. The van der Waals surface area contributed by atoms with Crippen molar-refractivity contribution in [1.29, 1.82) is 0 Å². The number of nitrogens with zero attached hydrogens (tertiary/aromatic N) is 2. The molecule has 3 aromatic rings. The van der Waals surface area contributed by atoms with Crippen LogP contribution in [-0.4, -0.2) is 57.3 Å². The maximum atomic E-state index is 12.7. The van der Waals surface area contributed by atoms with Gasteiger partial charge in [0.25, 0.3) is 0 Å². The van der Waals surface area contributed by atoms with Crippen LogP contribution in [0.2, 0.25) is 0 Å². The molecule has 32 heavy (non-hydrogen) atoms. The number of rotatable bonds is 7. The number of sulfonamides is 1. The molecule has 1 aliphatic rings. The number of morpholine rings is 1. The van der Waals surface area contributed by atoms with Crippen molar-refractivity contribution in [1.82, 2.24) is 9.46 Å². The number of carbonyl (C=O) groups excluding carboxylic acids is 1. The molecule has 1 aliphatic heterocycles. The van der Waals surface area contributed by atoms with Crippen LogP contribution in [0.4, 0.5) is 0 Å². The molecule has 1 saturated heterocycles. The second kappa shape index (κ2) is 9.51. The molecular weight excluding hydrogens is 436 g/mol. The summed E-state index contributed by atoms with van der Waals surface area (Å²) in [5.41, 5.74) is 1.47. The molecule has 0 atom stereocenters. The maximum absolute atomic E-state index is 12.7. The molecule has 0 radical (unpaired) electrons. The van der Waals surface area contributed by atoms with E-state index >= 15 is 0 Å². The van der Waals surface area contributed by atoms with Gasteiger partial charge in [0.15, 0.2) is 5.76 Å². The minimum Gasteiger partial charge on any atom is -0.497 e. The van der Waals surface area contributed by atoms with E-state index in [-0.39, 0.29) is 17.1 Å². The van der Waals surface area contributed by atoms with E-state index in [0.717, 1.165) is 5.56 Å². The van der Waals surface area contributed by atoms with Crippen molar-refractivity contribution in [2.24, 2.45) is 0 Å². The molecular formula is C22H22N2O7S. The van der Waals surface area contributed by atoms with Crippen LogP contribution >= 0.6 is 0 Å². The van der Waals surface area contributed by atoms with Crippen molar-refractivity contribution in [2.75, 3.05) is 33.4 Å². The summed E-state index contributed by atoms with van der Waals surface area (Å²) in [4.78, 5) is 12.5. The Bertz CT molecular complexity index is 1180. The van der Waals surface area contributed by atoms with Gasteiger partial charge in [-0.3, -0.25) is 0 Å². The number of hydrogen-bond acceptors (Lipinski definition) is 8. The number of methoxy groups -OCH3 is 1. The molecule has 9 nitrogen and oxygen atoms in total. The Morgan fingerprint density at radius 3 is 2.56 bits per heavy atom. The Labute approximate surface area is 185 Å². The molecule has 0 bridgehead atoms. The van der Waals surface area contributed by atoms with Crippen LogP contribution in [0, 0.1) is 0 Å². The summed E-state index contributed by atoms with van der Waals surface area (Å²) < 4.78 is 47.7. The van der Waals surface area contributed by atoms with E-state index in [2.05, 4.69) is 5.16 Å². The van der Waals surface area contributed by atoms with Crippen molar-refractivity contribution in [3.63, 3.8) is 0 Å². The van der Waals surface area contributed by atoms with Gasteiger partial charge >= 0.3 is 5.97 Å². The summed E-state index contributed by atoms with van der Waals surface area (Å²) >= 11 is 0. The highest BCUT2D eigenvalue weighted by molar-refractivity contribution is 7.89. The number of benzene rings is 2. The molecule has 10 heteroatoms. The van der Waals surface area contributed by atoms with Crippen LogP contribution < -0.4 is 4.74 Å². The summed E-state index contributed by atoms with van der Waals surface area (Å²) in [6.45, 7) is 1.26. The molecule has 1 fully saturated rings. The van der Waals surface area contributed by atoms with Crippen molar-refractivity contribution in [2.45, 2.75) is 11.5 Å². The van der Waals surface area contributed by atoms with Crippen molar-refractivity contribution in [3.8, 4) is 17.1 Å². The van der Waals surface area contributed by atoms with Crippen molar-refractivity contribution in [3.05, 3.63) is 65.9 Å². The zero-order chi connectivity index (χ0) is 22.6. The van der Waals surface area contributed by atoms with Gasteiger partial charge in [0.05, 0.1) is 30.8 Å². The van der Waals surface area contributed by atoms with Gasteiger partial charge in [0.1, 0.15) is 18.1 Å². The predicted octanol–water partition coefficient (Wildman–Crippen LogP) is 2.73. The van der Waals surface area contributed by atoms with Crippen LogP contribution in [0.5, 0.6) is 5.75 Å². The highest BCUT2D eigenvalue weighted by Crippen LogP contribution is 2.25. The van der Waals surface area contributed by atoms with E-state index < -0.39 is 16.0 Å². The molecule has 168 valence electrons. The minimum absolute atomic E-state index is 0.0832. The monoisotopic (exact) mass is 458 g/mol. The summed E-state index contributed by atoms with van der Waals surface area (Å²) in [5, 5.41) is 3.92. The smallest absolute Gasteiger partial charge is 0.338 e. The lowest BCUT2D eigenvalue weighted by molar-refractivity contribution is 0.0464. The Morgan fingerprint density at radius 1 is 1.09 bits per heavy atom. The highest BCUT2D eigenvalue weighted by atomic mass is 32.2. The summed E-state index contributed by atoms with van der Waals surface area (Å²) in [6, 6.07) is 14.7. The fraction of sp³-hybridized carbons (Fsp3) is 0.273. The third-order valence-electron chi connectivity index (χ3n) is 4.96. The zero-order valence-corrected chi connectivity index (χ0v) is 18.2. The van der Waals surface area contributed by atoms with Crippen LogP contribution in [0.1, 0.15) is 16.1 Å². The number of carbonyl (C=O) groups is 1. The van der Waals surface area contributed by atoms with E-state index in [9.17, 15) is 13.2 Å². The second-order valence-electron chi connectivity index (χ2n) is 7.03. The molecule has 0 N–H and O–H groups in total. The van der Waals surface area contributed by atoms with Gasteiger partial charge in [0.2, 0.25) is 10.0 Å². The first-order valence-corrected chi connectivity index (χ1v) is 11.4. The topological polar surface area (TPSA) is 108 Å². The van der Waals surface area contributed by atoms with Crippen LogP contribution in [-0.2, 0) is 26.1 Å². The van der Waals surface area contributed by atoms with Crippen LogP contribution in [0.25, 0.3) is 11.3 Å². The van der Waals surface area contributed by atoms with Crippen molar-refractivity contribution >= 4 is 16.0 Å². The summed E-state index contributed by atoms with van der Waals surface area (Å²) in [6.07, 6.45) is 0. The van der Waals surface area contributed by atoms with Crippen LogP contribution in [0.3, 0.4) is 0 Å². The SMILES string of the molecule is COc1cccc(-c2cc(COC(=O)c3ccc(S(=O)(=O)N4CCOCC4)cc3)no2)c1. The van der Waals surface area contributed by atoms with Gasteiger partial charge < -0.3 is 18.7 Å². The third-order valence-corrected chi connectivity index (χ3v) is 6.88. The fourth-order valence-electron chi connectivity index (χ4n) is 3.21. The first-order valence-electron chi connectivity index (χ1n) is 9.92.